The molecule has 0 fully saturated rings. The van der Waals surface area contributed by atoms with Crippen molar-refractivity contribution in [3.63, 3.8) is 0 Å². The molecule has 0 aliphatic heterocycles. The number of rotatable bonds is 7. The molecule has 0 saturated heterocycles. The van der Waals surface area contributed by atoms with Crippen molar-refractivity contribution >= 4 is 11.9 Å². The summed E-state index contributed by atoms with van der Waals surface area (Å²) in [6.45, 7) is 33.1. The molecule has 0 radical (unpaired) electrons. The van der Waals surface area contributed by atoms with E-state index in [1.54, 1.807) is 24.3 Å². The lowest BCUT2D eigenvalue weighted by Crippen LogP contribution is -2.15. The molecule has 0 aliphatic carbocycles. The van der Waals surface area contributed by atoms with Gasteiger partial charge in [-0.1, -0.05) is 109 Å². The minimum Gasteiger partial charge on any atom is -0.424 e. The first-order valence-electron chi connectivity index (χ1n) is 22.9. The van der Waals surface area contributed by atoms with Gasteiger partial charge in [0.1, 0.15) is 0 Å². The second-order valence-corrected chi connectivity index (χ2v) is 18.1. The Morgan fingerprint density at radius 1 is 0.318 bits per heavy atom. The van der Waals surface area contributed by atoms with Gasteiger partial charge in [0.15, 0.2) is 0 Å². The third-order valence-corrected chi connectivity index (χ3v) is 13.0. The molecule has 4 heteroatoms. The number of benzene rings is 7. The van der Waals surface area contributed by atoms with E-state index in [-0.39, 0.29) is 0 Å². The molecule has 0 bridgehead atoms. The van der Waals surface area contributed by atoms with Gasteiger partial charge in [0, 0.05) is 0 Å². The summed E-state index contributed by atoms with van der Waals surface area (Å²) in [5, 5.41) is 0. The van der Waals surface area contributed by atoms with Gasteiger partial charge in [-0.25, -0.2) is 9.59 Å². The maximum Gasteiger partial charge on any atom is 0.341 e. The summed E-state index contributed by atoms with van der Waals surface area (Å²) in [6, 6.07) is 42.1. The molecular weight excluding hydrogens is 809 g/mol. The lowest BCUT2D eigenvalue weighted by Gasteiger charge is -2.11. The van der Waals surface area contributed by atoms with Crippen molar-refractivity contribution in [3.8, 4) is 11.1 Å². The van der Waals surface area contributed by atoms with Crippen molar-refractivity contribution in [1.82, 2.24) is 0 Å². The van der Waals surface area contributed by atoms with E-state index in [2.05, 4.69) is 168 Å². The molecule has 0 N–H and O–H groups in total. The van der Waals surface area contributed by atoms with E-state index in [0.29, 0.717) is 11.1 Å². The van der Waals surface area contributed by atoms with Crippen molar-refractivity contribution in [2.75, 3.05) is 6.79 Å². The van der Waals surface area contributed by atoms with Gasteiger partial charge in [-0.15, -0.1) is 0 Å². The number of carbonyl (C=O) groups excluding carboxylic acids is 2. The van der Waals surface area contributed by atoms with Crippen LogP contribution in [-0.4, -0.2) is 18.7 Å². The Kier molecular flexibility index (Phi) is 19.1. The largest absolute Gasteiger partial charge is 0.424 e. The smallest absolute Gasteiger partial charge is 0.341 e. The van der Waals surface area contributed by atoms with Gasteiger partial charge >= 0.3 is 11.9 Å². The molecule has 0 amide bonds. The first kappa shape index (κ1) is 52.1. The van der Waals surface area contributed by atoms with Gasteiger partial charge in [-0.2, -0.15) is 0 Å². The van der Waals surface area contributed by atoms with Crippen LogP contribution in [0.3, 0.4) is 0 Å². The zero-order valence-electron chi connectivity index (χ0n) is 42.6. The fourth-order valence-corrected chi connectivity index (χ4v) is 7.25. The van der Waals surface area contributed by atoms with Crippen LogP contribution in [0.15, 0.2) is 121 Å². The Hall–Kier alpha value is -6.52. The molecule has 4 nitrogen and oxygen atoms in total. The summed E-state index contributed by atoms with van der Waals surface area (Å²) in [7, 11) is 0. The Morgan fingerprint density at radius 3 is 0.939 bits per heavy atom. The molecule has 0 aromatic heterocycles. The summed E-state index contributed by atoms with van der Waals surface area (Å²) in [5.74, 6) is -1.00. The minimum absolute atomic E-state index is 0.404. The molecule has 0 saturated carbocycles. The SMILES string of the molecule is Cc1cc(C)c(C)cc1C.Cc1ccc(-c2ccc(C)c(C)c2)cc1C.Cc1ccc(Cc2ccc(C)c(C)c2)cc1C.Cc1cccc(C(=O)OCOC(=O)c2cccc(C)c2C)c1C. The van der Waals surface area contributed by atoms with Gasteiger partial charge in [0.05, 0.1) is 11.1 Å². The van der Waals surface area contributed by atoms with Crippen molar-refractivity contribution in [2.24, 2.45) is 0 Å². The van der Waals surface area contributed by atoms with Crippen LogP contribution in [0.5, 0.6) is 0 Å². The number of hydrogen-bond donors (Lipinski definition) is 0. The predicted octanol–water partition coefficient (Wildman–Crippen LogP) is 15.9. The molecule has 0 spiro atoms. The number of aryl methyl sites for hydroxylation is 14. The number of carbonyl (C=O) groups is 2. The van der Waals surface area contributed by atoms with E-state index in [1.165, 1.54) is 89.0 Å². The zero-order chi connectivity index (χ0) is 48.8. The van der Waals surface area contributed by atoms with Gasteiger partial charge in [-0.05, 0) is 241 Å². The van der Waals surface area contributed by atoms with Crippen molar-refractivity contribution in [1.29, 1.82) is 0 Å². The molecule has 7 rings (SSSR count). The molecule has 7 aromatic carbocycles. The van der Waals surface area contributed by atoms with Gasteiger partial charge in [0.2, 0.25) is 6.79 Å². The molecule has 0 aliphatic rings. The number of esters is 2. The van der Waals surface area contributed by atoms with E-state index in [1.807, 2.05) is 39.8 Å². The first-order chi connectivity index (χ1) is 31.2. The van der Waals surface area contributed by atoms with Crippen LogP contribution in [0.4, 0.5) is 0 Å². The lowest BCUT2D eigenvalue weighted by atomic mass is 9.98. The van der Waals surface area contributed by atoms with E-state index in [9.17, 15) is 9.59 Å². The predicted molar refractivity (Wildman–Crippen MR) is 278 cm³/mol. The summed E-state index contributed by atoms with van der Waals surface area (Å²) in [5.41, 5.74) is 26.6. The van der Waals surface area contributed by atoms with Crippen molar-refractivity contribution < 1.29 is 19.1 Å². The van der Waals surface area contributed by atoms with Crippen LogP contribution in [0.1, 0.15) is 121 Å². The third kappa shape index (κ3) is 14.8. The van der Waals surface area contributed by atoms with E-state index < -0.39 is 18.7 Å². The fourth-order valence-electron chi connectivity index (χ4n) is 7.25. The molecule has 0 unspecified atom stereocenters. The second kappa shape index (κ2) is 24.1. The lowest BCUT2D eigenvalue weighted by molar-refractivity contribution is -0.0168. The van der Waals surface area contributed by atoms with Crippen molar-refractivity contribution in [3.05, 3.63) is 233 Å². The van der Waals surface area contributed by atoms with Crippen LogP contribution in [-0.2, 0) is 15.9 Å². The highest BCUT2D eigenvalue weighted by Gasteiger charge is 2.15. The average molecular weight is 881 g/mol. The molecule has 0 atom stereocenters. The maximum absolute atomic E-state index is 12.0. The first-order valence-corrected chi connectivity index (χ1v) is 22.9. The molecule has 66 heavy (non-hydrogen) atoms. The third-order valence-electron chi connectivity index (χ3n) is 13.0. The topological polar surface area (TPSA) is 52.6 Å². The molecule has 344 valence electrons. The highest BCUT2D eigenvalue weighted by molar-refractivity contribution is 5.92. The van der Waals surface area contributed by atoms with Gasteiger partial charge in [-0.3, -0.25) is 0 Å². The van der Waals surface area contributed by atoms with Crippen LogP contribution in [0.25, 0.3) is 11.1 Å². The standard InChI is InChI=1S/C19H20O4.C17H20.C16H18.C10H14/c1-12-7-5-9-16(14(12)3)18(20)22-11-23-19(21)17-10-6-8-13(2)15(17)4;1-12-5-7-16(9-14(12)3)11-17-8-6-13(2)15(4)10-17;1-11-5-7-15(9-13(11)3)16-8-6-12(2)14(4)10-16;1-7-5-9(3)10(4)6-8(7)2/h5-10H,11H2,1-4H3;5-10H,11H2,1-4H3;5-10H,1-4H3;5-6H,1-4H3. The monoisotopic (exact) mass is 881 g/mol. The van der Waals surface area contributed by atoms with E-state index >= 15 is 0 Å². The van der Waals surface area contributed by atoms with Crippen LogP contribution in [0, 0.1) is 111 Å². The zero-order valence-corrected chi connectivity index (χ0v) is 42.6. The molecule has 7 aromatic rings. The van der Waals surface area contributed by atoms with E-state index in [4.69, 9.17) is 9.47 Å². The maximum atomic E-state index is 12.0. The number of hydrogen-bond acceptors (Lipinski definition) is 4. The normalized spacial score (nSPS) is 10.4. The molecule has 0 heterocycles. The Balaban J connectivity index is 0.000000199. The fraction of sp³-hybridized carbons (Fsp3) is 0.290. The minimum atomic E-state index is -0.500. The number of ether oxygens (including phenoxy) is 2. The summed E-state index contributed by atoms with van der Waals surface area (Å²) >= 11 is 0. The summed E-state index contributed by atoms with van der Waals surface area (Å²) < 4.78 is 10.1. The highest BCUT2D eigenvalue weighted by atomic mass is 16.7. The van der Waals surface area contributed by atoms with Crippen LogP contribution < -0.4 is 0 Å². The molecular formula is C62H72O4. The van der Waals surface area contributed by atoms with Gasteiger partial charge in [0.25, 0.3) is 0 Å². The van der Waals surface area contributed by atoms with Crippen LogP contribution in [0.2, 0.25) is 0 Å². The summed E-state index contributed by atoms with van der Waals surface area (Å²) in [6.07, 6.45) is 1.03. The quantitative estimate of drug-likeness (QED) is 0.118. The highest BCUT2D eigenvalue weighted by Crippen LogP contribution is 2.25. The average Bonchev–Trinajstić information content (AvgIpc) is 3.27. The van der Waals surface area contributed by atoms with Gasteiger partial charge < -0.3 is 9.47 Å². The summed E-state index contributed by atoms with van der Waals surface area (Å²) in [4.78, 5) is 24.1. The van der Waals surface area contributed by atoms with Crippen molar-refractivity contribution in [2.45, 2.75) is 117 Å². The second-order valence-electron chi connectivity index (χ2n) is 18.1. The van der Waals surface area contributed by atoms with E-state index in [0.717, 1.165) is 28.7 Å². The van der Waals surface area contributed by atoms with Crippen LogP contribution >= 0.6 is 0 Å². The Bertz CT molecular complexity index is 2590. The Labute approximate surface area is 397 Å². The Morgan fingerprint density at radius 2 is 0.621 bits per heavy atom.